The SMILES string of the molecule is COc1cc(F)c(N)cc1SC(C)(C)c1cccc(F)c1. The van der Waals surface area contributed by atoms with Crippen LogP contribution in [-0.4, -0.2) is 7.11 Å². The zero-order valence-electron chi connectivity index (χ0n) is 12.1. The number of rotatable bonds is 4. The number of nitrogens with two attached hydrogens (primary N) is 1. The largest absolute Gasteiger partial charge is 0.495 e. The fourth-order valence-corrected chi connectivity index (χ4v) is 3.21. The minimum Gasteiger partial charge on any atom is -0.495 e. The Morgan fingerprint density at radius 2 is 1.86 bits per heavy atom. The number of hydrogen-bond donors (Lipinski definition) is 1. The molecule has 2 N–H and O–H groups in total. The number of hydrogen-bond acceptors (Lipinski definition) is 3. The van der Waals surface area contributed by atoms with Gasteiger partial charge in [-0.1, -0.05) is 12.1 Å². The standard InChI is InChI=1S/C16H17F2NOS/c1-16(2,10-5-4-6-11(17)7-10)21-15-9-13(19)12(18)8-14(15)20-3/h4-9H,19H2,1-3H3. The summed E-state index contributed by atoms with van der Waals surface area (Å²) in [4.78, 5) is 0.714. The van der Waals surface area contributed by atoms with E-state index < -0.39 is 10.6 Å². The van der Waals surface area contributed by atoms with Crippen LogP contribution in [0.3, 0.4) is 0 Å². The Morgan fingerprint density at radius 3 is 2.48 bits per heavy atom. The van der Waals surface area contributed by atoms with E-state index >= 15 is 0 Å². The van der Waals surface area contributed by atoms with Crippen LogP contribution in [-0.2, 0) is 4.75 Å². The highest BCUT2D eigenvalue weighted by Crippen LogP contribution is 2.45. The van der Waals surface area contributed by atoms with Crippen molar-refractivity contribution in [3.8, 4) is 5.75 Å². The Bertz CT molecular complexity index is 659. The maximum atomic E-state index is 13.5. The number of halogens is 2. The van der Waals surface area contributed by atoms with E-state index in [1.165, 1.54) is 37.1 Å². The second kappa shape index (κ2) is 5.93. The summed E-state index contributed by atoms with van der Waals surface area (Å²) in [5.41, 5.74) is 6.52. The van der Waals surface area contributed by atoms with E-state index in [1.54, 1.807) is 12.1 Å². The van der Waals surface area contributed by atoms with E-state index in [1.807, 2.05) is 19.9 Å². The molecule has 2 aromatic rings. The molecule has 0 spiro atoms. The highest BCUT2D eigenvalue weighted by atomic mass is 32.2. The number of nitrogen functional groups attached to an aromatic ring is 1. The lowest BCUT2D eigenvalue weighted by Crippen LogP contribution is -2.12. The van der Waals surface area contributed by atoms with Gasteiger partial charge in [-0.3, -0.25) is 0 Å². The van der Waals surface area contributed by atoms with Gasteiger partial charge in [0.25, 0.3) is 0 Å². The normalized spacial score (nSPS) is 11.5. The molecule has 2 nitrogen and oxygen atoms in total. The van der Waals surface area contributed by atoms with Crippen LogP contribution in [0, 0.1) is 11.6 Å². The van der Waals surface area contributed by atoms with Gasteiger partial charge in [0, 0.05) is 10.8 Å². The Labute approximate surface area is 127 Å². The quantitative estimate of drug-likeness (QED) is 0.663. The number of anilines is 1. The summed E-state index contributed by atoms with van der Waals surface area (Å²) in [6.45, 7) is 3.93. The molecular formula is C16H17F2NOS. The first-order chi connectivity index (χ1) is 9.83. The van der Waals surface area contributed by atoms with Crippen LogP contribution in [0.1, 0.15) is 19.4 Å². The van der Waals surface area contributed by atoms with Crippen LogP contribution >= 0.6 is 11.8 Å². The fraction of sp³-hybridized carbons (Fsp3) is 0.250. The van der Waals surface area contributed by atoms with Crippen molar-refractivity contribution in [1.29, 1.82) is 0 Å². The molecule has 0 saturated heterocycles. The summed E-state index contributed by atoms with van der Waals surface area (Å²) in [6, 6.07) is 9.23. The first-order valence-corrected chi connectivity index (χ1v) is 7.23. The predicted octanol–water partition coefficient (Wildman–Crippen LogP) is 4.58. The second-order valence-electron chi connectivity index (χ2n) is 5.15. The molecular weight excluding hydrogens is 292 g/mol. The van der Waals surface area contributed by atoms with E-state index in [-0.39, 0.29) is 11.5 Å². The maximum Gasteiger partial charge on any atom is 0.149 e. The van der Waals surface area contributed by atoms with Crippen LogP contribution in [0.25, 0.3) is 0 Å². The molecule has 0 aliphatic rings. The third kappa shape index (κ3) is 3.47. The van der Waals surface area contributed by atoms with Crippen molar-refractivity contribution in [1.82, 2.24) is 0 Å². The summed E-state index contributed by atoms with van der Waals surface area (Å²) in [7, 11) is 1.48. The molecule has 2 aromatic carbocycles. The lowest BCUT2D eigenvalue weighted by molar-refractivity contribution is 0.401. The summed E-state index contributed by atoms with van der Waals surface area (Å²) >= 11 is 1.44. The molecule has 5 heteroatoms. The molecule has 112 valence electrons. The van der Waals surface area contributed by atoms with Crippen molar-refractivity contribution < 1.29 is 13.5 Å². The van der Waals surface area contributed by atoms with E-state index in [0.717, 1.165) is 5.56 Å². The van der Waals surface area contributed by atoms with Gasteiger partial charge in [0.1, 0.15) is 17.4 Å². The van der Waals surface area contributed by atoms with Crippen molar-refractivity contribution >= 4 is 17.4 Å². The molecule has 0 saturated carbocycles. The highest BCUT2D eigenvalue weighted by molar-refractivity contribution is 8.00. The predicted molar refractivity (Wildman–Crippen MR) is 82.6 cm³/mol. The smallest absolute Gasteiger partial charge is 0.149 e. The maximum absolute atomic E-state index is 13.5. The van der Waals surface area contributed by atoms with Gasteiger partial charge in [-0.2, -0.15) is 0 Å². The van der Waals surface area contributed by atoms with Crippen LogP contribution in [0.15, 0.2) is 41.3 Å². The first kappa shape index (κ1) is 15.6. The van der Waals surface area contributed by atoms with Crippen LogP contribution in [0.5, 0.6) is 5.75 Å². The minimum atomic E-state index is -0.514. The van der Waals surface area contributed by atoms with Gasteiger partial charge in [0.15, 0.2) is 0 Å². The number of benzene rings is 2. The third-order valence-electron chi connectivity index (χ3n) is 3.17. The lowest BCUT2D eigenvalue weighted by atomic mass is 10.0. The Morgan fingerprint density at radius 1 is 1.14 bits per heavy atom. The van der Waals surface area contributed by atoms with Gasteiger partial charge >= 0.3 is 0 Å². The highest BCUT2D eigenvalue weighted by Gasteiger charge is 2.25. The molecule has 0 unspecified atom stereocenters. The Balaban J connectivity index is 2.38. The van der Waals surface area contributed by atoms with Crippen molar-refractivity contribution in [3.63, 3.8) is 0 Å². The summed E-state index contributed by atoms with van der Waals surface area (Å²) in [5.74, 6) is -0.386. The van der Waals surface area contributed by atoms with Gasteiger partial charge in [0.2, 0.25) is 0 Å². The molecule has 0 heterocycles. The summed E-state index contributed by atoms with van der Waals surface area (Å²) in [5, 5.41) is 0. The molecule has 0 aromatic heterocycles. The third-order valence-corrected chi connectivity index (χ3v) is 4.45. The Hall–Kier alpha value is -1.75. The minimum absolute atomic E-state index is 0.0633. The lowest BCUT2D eigenvalue weighted by Gasteiger charge is -2.26. The second-order valence-corrected chi connectivity index (χ2v) is 6.81. The average Bonchev–Trinajstić information content (AvgIpc) is 2.42. The molecule has 2 rings (SSSR count). The van der Waals surface area contributed by atoms with Crippen molar-refractivity contribution in [2.24, 2.45) is 0 Å². The van der Waals surface area contributed by atoms with Gasteiger partial charge in [-0.25, -0.2) is 8.78 Å². The molecule has 21 heavy (non-hydrogen) atoms. The number of thioether (sulfide) groups is 1. The van der Waals surface area contributed by atoms with E-state index in [4.69, 9.17) is 10.5 Å². The molecule has 0 radical (unpaired) electrons. The Kier molecular flexibility index (Phi) is 4.42. The van der Waals surface area contributed by atoms with Crippen molar-refractivity contribution in [2.45, 2.75) is 23.5 Å². The van der Waals surface area contributed by atoms with Crippen molar-refractivity contribution in [3.05, 3.63) is 53.6 Å². The molecule has 0 atom stereocenters. The zero-order chi connectivity index (χ0) is 15.6. The average molecular weight is 309 g/mol. The summed E-state index contributed by atoms with van der Waals surface area (Å²) < 4.78 is 31.7. The molecule has 0 aliphatic heterocycles. The molecule has 0 aliphatic carbocycles. The molecule has 0 bridgehead atoms. The monoisotopic (exact) mass is 309 g/mol. The topological polar surface area (TPSA) is 35.2 Å². The van der Waals surface area contributed by atoms with Crippen molar-refractivity contribution in [2.75, 3.05) is 12.8 Å². The van der Waals surface area contributed by atoms with Gasteiger partial charge in [-0.15, -0.1) is 11.8 Å². The van der Waals surface area contributed by atoms with Gasteiger partial charge < -0.3 is 10.5 Å². The van der Waals surface area contributed by atoms with Gasteiger partial charge in [0.05, 0.1) is 17.7 Å². The first-order valence-electron chi connectivity index (χ1n) is 6.41. The number of methoxy groups -OCH3 is 1. The van der Waals surface area contributed by atoms with E-state index in [0.29, 0.717) is 10.6 Å². The summed E-state index contributed by atoms with van der Waals surface area (Å²) in [6.07, 6.45) is 0. The van der Waals surface area contributed by atoms with Crippen LogP contribution in [0.2, 0.25) is 0 Å². The number of ether oxygens (including phenoxy) is 1. The molecule has 0 fully saturated rings. The van der Waals surface area contributed by atoms with Gasteiger partial charge in [-0.05, 0) is 37.6 Å². The fourth-order valence-electron chi connectivity index (χ4n) is 1.99. The molecule has 0 amide bonds. The van der Waals surface area contributed by atoms with Crippen LogP contribution in [0.4, 0.5) is 14.5 Å². The van der Waals surface area contributed by atoms with E-state index in [9.17, 15) is 8.78 Å². The zero-order valence-corrected chi connectivity index (χ0v) is 12.9. The van der Waals surface area contributed by atoms with Crippen LogP contribution < -0.4 is 10.5 Å². The van der Waals surface area contributed by atoms with E-state index in [2.05, 4.69) is 0 Å².